The quantitative estimate of drug-likeness (QED) is 0.882. The molecule has 2 nitrogen and oxygen atoms in total. The number of benzene rings is 1. The van der Waals surface area contributed by atoms with Crippen LogP contribution >= 0.6 is 23.2 Å². The smallest absolute Gasteiger partial charge is 0.0819 e. The fourth-order valence-electron chi connectivity index (χ4n) is 2.59. The second-order valence-electron chi connectivity index (χ2n) is 5.11. The number of aliphatic hydroxyl groups excluding tert-OH is 1. The van der Waals surface area contributed by atoms with Crippen molar-refractivity contribution < 1.29 is 5.11 Å². The molecule has 100 valence electrons. The van der Waals surface area contributed by atoms with Crippen LogP contribution in [0.2, 0.25) is 10.0 Å². The molecule has 2 rings (SSSR count). The van der Waals surface area contributed by atoms with Gasteiger partial charge in [0.1, 0.15) is 0 Å². The van der Waals surface area contributed by atoms with E-state index in [0.29, 0.717) is 28.5 Å². The summed E-state index contributed by atoms with van der Waals surface area (Å²) in [6.07, 6.45) is 3.73. The molecule has 0 saturated carbocycles. The fourth-order valence-corrected chi connectivity index (χ4v) is 3.13. The molecule has 1 saturated heterocycles. The predicted octanol–water partition coefficient (Wildman–Crippen LogP) is 3.95. The molecule has 18 heavy (non-hydrogen) atoms. The number of piperidine rings is 1. The number of nitrogens with one attached hydrogen (secondary N) is 1. The first-order valence-electron chi connectivity index (χ1n) is 6.45. The van der Waals surface area contributed by atoms with Crippen molar-refractivity contribution >= 4 is 23.2 Å². The fraction of sp³-hybridized carbons (Fsp3) is 0.571. The molecular weight excluding hydrogens is 269 g/mol. The van der Waals surface area contributed by atoms with Gasteiger partial charge in [-0.3, -0.25) is 0 Å². The summed E-state index contributed by atoms with van der Waals surface area (Å²) in [5, 5.41) is 14.9. The summed E-state index contributed by atoms with van der Waals surface area (Å²) in [6, 6.07) is 6.16. The minimum atomic E-state index is -0.530. The molecule has 0 spiro atoms. The molecule has 0 bridgehead atoms. The Morgan fingerprint density at radius 2 is 2.17 bits per heavy atom. The monoisotopic (exact) mass is 287 g/mol. The maximum Gasteiger partial charge on any atom is 0.0819 e. The van der Waals surface area contributed by atoms with Crippen molar-refractivity contribution in [3.8, 4) is 0 Å². The lowest BCUT2D eigenvalue weighted by molar-refractivity contribution is 0.139. The SMILES string of the molecule is CC1CCCC(CC(O)c2ccc(Cl)cc2Cl)N1. The first-order chi connectivity index (χ1) is 8.56. The van der Waals surface area contributed by atoms with E-state index < -0.39 is 6.10 Å². The molecule has 1 aliphatic rings. The summed E-state index contributed by atoms with van der Waals surface area (Å²) in [4.78, 5) is 0. The van der Waals surface area contributed by atoms with E-state index in [0.717, 1.165) is 12.0 Å². The first kappa shape index (κ1) is 14.1. The van der Waals surface area contributed by atoms with Crippen LogP contribution in [0.25, 0.3) is 0 Å². The Hall–Kier alpha value is -0.280. The molecule has 4 heteroatoms. The summed E-state index contributed by atoms with van der Waals surface area (Å²) in [6.45, 7) is 2.19. The van der Waals surface area contributed by atoms with Crippen LogP contribution in [0.1, 0.15) is 44.3 Å². The van der Waals surface area contributed by atoms with E-state index in [1.807, 2.05) is 6.07 Å². The highest BCUT2D eigenvalue weighted by Crippen LogP contribution is 2.30. The van der Waals surface area contributed by atoms with Crippen LogP contribution < -0.4 is 5.32 Å². The van der Waals surface area contributed by atoms with Gasteiger partial charge >= 0.3 is 0 Å². The Morgan fingerprint density at radius 1 is 1.39 bits per heavy atom. The molecule has 1 aromatic rings. The predicted molar refractivity (Wildman–Crippen MR) is 76.3 cm³/mol. The van der Waals surface area contributed by atoms with Crippen molar-refractivity contribution in [2.24, 2.45) is 0 Å². The largest absolute Gasteiger partial charge is 0.388 e. The number of hydrogen-bond donors (Lipinski definition) is 2. The van der Waals surface area contributed by atoms with Crippen molar-refractivity contribution in [1.29, 1.82) is 0 Å². The molecule has 0 aromatic heterocycles. The Balaban J connectivity index is 2.00. The van der Waals surface area contributed by atoms with E-state index in [4.69, 9.17) is 23.2 Å². The van der Waals surface area contributed by atoms with Gasteiger partial charge in [-0.2, -0.15) is 0 Å². The lowest BCUT2D eigenvalue weighted by Gasteiger charge is -2.30. The molecule has 3 unspecified atom stereocenters. The van der Waals surface area contributed by atoms with Gasteiger partial charge < -0.3 is 10.4 Å². The maximum absolute atomic E-state index is 10.3. The summed E-state index contributed by atoms with van der Waals surface area (Å²) >= 11 is 12.0. The summed E-state index contributed by atoms with van der Waals surface area (Å²) in [5.74, 6) is 0. The Bertz CT molecular complexity index is 411. The van der Waals surface area contributed by atoms with Crippen LogP contribution in [-0.4, -0.2) is 17.2 Å². The highest BCUT2D eigenvalue weighted by Gasteiger charge is 2.22. The minimum absolute atomic E-state index is 0.371. The summed E-state index contributed by atoms with van der Waals surface area (Å²) in [5.41, 5.74) is 0.765. The molecule has 1 heterocycles. The number of hydrogen-bond acceptors (Lipinski definition) is 2. The van der Waals surface area contributed by atoms with Crippen LogP contribution in [0.4, 0.5) is 0 Å². The Labute approximate surface area is 118 Å². The zero-order valence-electron chi connectivity index (χ0n) is 10.5. The minimum Gasteiger partial charge on any atom is -0.388 e. The van der Waals surface area contributed by atoms with E-state index in [1.54, 1.807) is 12.1 Å². The van der Waals surface area contributed by atoms with Gasteiger partial charge in [0.05, 0.1) is 6.10 Å². The lowest BCUT2D eigenvalue weighted by atomic mass is 9.93. The number of halogens is 2. The van der Waals surface area contributed by atoms with Gasteiger partial charge in [-0.25, -0.2) is 0 Å². The van der Waals surface area contributed by atoms with Gasteiger partial charge in [0.15, 0.2) is 0 Å². The first-order valence-corrected chi connectivity index (χ1v) is 7.21. The average Bonchev–Trinajstić information content (AvgIpc) is 2.28. The zero-order chi connectivity index (χ0) is 13.1. The van der Waals surface area contributed by atoms with Crippen LogP contribution in [0.15, 0.2) is 18.2 Å². The molecule has 0 radical (unpaired) electrons. The van der Waals surface area contributed by atoms with Gasteiger partial charge in [-0.15, -0.1) is 0 Å². The summed E-state index contributed by atoms with van der Waals surface area (Å²) in [7, 11) is 0. The Kier molecular flexibility index (Phi) is 4.91. The van der Waals surface area contributed by atoms with Gasteiger partial charge in [-0.05, 0) is 43.9 Å². The van der Waals surface area contributed by atoms with Gasteiger partial charge in [0.25, 0.3) is 0 Å². The third-order valence-electron chi connectivity index (χ3n) is 3.54. The van der Waals surface area contributed by atoms with Crippen molar-refractivity contribution in [3.05, 3.63) is 33.8 Å². The maximum atomic E-state index is 10.3. The van der Waals surface area contributed by atoms with Gasteiger partial charge in [0.2, 0.25) is 0 Å². The second-order valence-corrected chi connectivity index (χ2v) is 5.96. The third-order valence-corrected chi connectivity index (χ3v) is 4.10. The van der Waals surface area contributed by atoms with E-state index in [1.165, 1.54) is 12.8 Å². The average molecular weight is 288 g/mol. The molecule has 0 aliphatic carbocycles. The Morgan fingerprint density at radius 3 is 2.83 bits per heavy atom. The lowest BCUT2D eigenvalue weighted by Crippen LogP contribution is -2.41. The van der Waals surface area contributed by atoms with Crippen LogP contribution in [0, 0.1) is 0 Å². The topological polar surface area (TPSA) is 32.3 Å². The van der Waals surface area contributed by atoms with Crippen molar-refractivity contribution in [2.75, 3.05) is 0 Å². The van der Waals surface area contributed by atoms with E-state index in [9.17, 15) is 5.11 Å². The normalized spacial score (nSPS) is 26.0. The van der Waals surface area contributed by atoms with E-state index >= 15 is 0 Å². The molecule has 1 aromatic carbocycles. The molecule has 1 fully saturated rings. The van der Waals surface area contributed by atoms with Crippen molar-refractivity contribution in [2.45, 2.75) is 50.8 Å². The van der Waals surface area contributed by atoms with Crippen LogP contribution in [0.5, 0.6) is 0 Å². The van der Waals surface area contributed by atoms with E-state index in [-0.39, 0.29) is 0 Å². The number of rotatable bonds is 3. The summed E-state index contributed by atoms with van der Waals surface area (Å²) < 4.78 is 0. The number of aliphatic hydroxyl groups is 1. The zero-order valence-corrected chi connectivity index (χ0v) is 12.0. The highest BCUT2D eigenvalue weighted by molar-refractivity contribution is 6.35. The molecule has 3 atom stereocenters. The van der Waals surface area contributed by atoms with Crippen molar-refractivity contribution in [1.82, 2.24) is 5.32 Å². The van der Waals surface area contributed by atoms with Crippen LogP contribution in [-0.2, 0) is 0 Å². The van der Waals surface area contributed by atoms with Gasteiger partial charge in [-0.1, -0.05) is 35.7 Å². The molecule has 0 amide bonds. The second kappa shape index (κ2) is 6.25. The van der Waals surface area contributed by atoms with Crippen molar-refractivity contribution in [3.63, 3.8) is 0 Å². The highest BCUT2D eigenvalue weighted by atomic mass is 35.5. The molecule has 2 N–H and O–H groups in total. The van der Waals surface area contributed by atoms with E-state index in [2.05, 4.69) is 12.2 Å². The van der Waals surface area contributed by atoms with Gasteiger partial charge in [0, 0.05) is 22.1 Å². The third kappa shape index (κ3) is 3.61. The molecule has 1 aliphatic heterocycles. The molecular formula is C14H19Cl2NO. The standard InChI is InChI=1S/C14H19Cl2NO/c1-9-3-2-4-11(17-9)8-14(18)12-6-5-10(15)7-13(12)16/h5-7,9,11,14,17-18H,2-4,8H2,1H3. The van der Waals surface area contributed by atoms with Crippen LogP contribution in [0.3, 0.4) is 0 Å².